The van der Waals surface area contributed by atoms with Gasteiger partial charge in [0.2, 0.25) is 5.95 Å². The number of carbonyl (C=O) groups excluding carboxylic acids is 1. The van der Waals surface area contributed by atoms with Gasteiger partial charge in [0.05, 0.1) is 12.0 Å². The molecule has 0 atom stereocenters. The van der Waals surface area contributed by atoms with Gasteiger partial charge in [-0.25, -0.2) is 4.98 Å². The zero-order chi connectivity index (χ0) is 27.0. The summed E-state index contributed by atoms with van der Waals surface area (Å²) in [5.41, 5.74) is 2.01. The molecule has 0 spiro atoms. The molecule has 0 aliphatic carbocycles. The molecule has 0 unspecified atom stereocenters. The lowest BCUT2D eigenvalue weighted by atomic mass is 10.0. The topological polar surface area (TPSA) is 124 Å². The molecule has 1 amide bonds. The summed E-state index contributed by atoms with van der Waals surface area (Å²) in [6.45, 7) is 3.74. The zero-order valence-corrected chi connectivity index (χ0v) is 21.3. The van der Waals surface area contributed by atoms with Crippen molar-refractivity contribution in [3.8, 4) is 40.2 Å². The maximum atomic E-state index is 13.0. The lowest BCUT2D eigenvalue weighted by Crippen LogP contribution is -2.25. The minimum Gasteiger partial charge on any atom is -0.483 e. The van der Waals surface area contributed by atoms with Crippen LogP contribution >= 0.6 is 0 Å². The van der Waals surface area contributed by atoms with E-state index in [9.17, 15) is 9.59 Å². The van der Waals surface area contributed by atoms with E-state index < -0.39 is 5.91 Å². The van der Waals surface area contributed by atoms with Crippen LogP contribution in [0.4, 0.5) is 5.82 Å². The molecule has 0 saturated carbocycles. The molecule has 0 radical (unpaired) electrons. The summed E-state index contributed by atoms with van der Waals surface area (Å²) in [5, 5.41) is 7.36. The predicted octanol–water partition coefficient (Wildman–Crippen LogP) is 4.61. The number of aromatic nitrogens is 4. The molecule has 10 nitrogen and oxygen atoms in total. The fraction of sp³-hybridized carbons (Fsp3) is 0.172. The highest BCUT2D eigenvalue weighted by molar-refractivity contribution is 5.92. The second-order valence-corrected chi connectivity index (χ2v) is 9.74. The van der Waals surface area contributed by atoms with Crippen LogP contribution in [-0.4, -0.2) is 37.9 Å². The third-order valence-corrected chi connectivity index (χ3v) is 6.16. The predicted molar refractivity (Wildman–Crippen MR) is 144 cm³/mol. The molecule has 196 valence electrons. The number of benzene rings is 2. The van der Waals surface area contributed by atoms with Crippen LogP contribution in [-0.2, 0) is 11.2 Å². The molecule has 0 fully saturated rings. The van der Waals surface area contributed by atoms with Gasteiger partial charge in [-0.2, -0.15) is 9.78 Å². The Labute approximate surface area is 223 Å². The Kier molecular flexibility index (Phi) is 5.99. The largest absolute Gasteiger partial charge is 0.483 e. The fourth-order valence-electron chi connectivity index (χ4n) is 4.50. The van der Waals surface area contributed by atoms with Crippen molar-refractivity contribution >= 4 is 11.7 Å². The number of hydrogen-bond acceptors (Lipinski definition) is 7. The van der Waals surface area contributed by atoms with Gasteiger partial charge < -0.3 is 19.2 Å². The van der Waals surface area contributed by atoms with Crippen LogP contribution in [0, 0.1) is 0 Å². The van der Waals surface area contributed by atoms with Gasteiger partial charge >= 0.3 is 0 Å². The van der Waals surface area contributed by atoms with Gasteiger partial charge in [-0.1, -0.05) is 42.5 Å². The second kappa shape index (κ2) is 9.64. The number of amides is 1. The first-order valence-electron chi connectivity index (χ1n) is 12.4. The number of furan rings is 1. The summed E-state index contributed by atoms with van der Waals surface area (Å²) in [5.74, 6) is 1.62. The molecule has 4 heterocycles. The van der Waals surface area contributed by atoms with Gasteiger partial charge in [0.25, 0.3) is 11.5 Å². The first-order valence-corrected chi connectivity index (χ1v) is 12.4. The average Bonchev–Trinajstić information content (AvgIpc) is 3.65. The first kappa shape index (κ1) is 24.2. The summed E-state index contributed by atoms with van der Waals surface area (Å²) in [4.78, 5) is 32.9. The maximum Gasteiger partial charge on any atom is 0.263 e. The molecule has 1 aliphatic heterocycles. The van der Waals surface area contributed by atoms with Crippen LogP contribution in [0.5, 0.6) is 11.5 Å². The smallest absolute Gasteiger partial charge is 0.263 e. The third-order valence-electron chi connectivity index (χ3n) is 6.16. The van der Waals surface area contributed by atoms with Crippen LogP contribution in [0.1, 0.15) is 19.4 Å². The van der Waals surface area contributed by atoms with Crippen molar-refractivity contribution in [2.75, 3.05) is 11.9 Å². The molecule has 5 aromatic rings. The summed E-state index contributed by atoms with van der Waals surface area (Å²) >= 11 is 0. The highest BCUT2D eigenvalue weighted by Gasteiger charge is 2.32. The quantitative estimate of drug-likeness (QED) is 0.319. The molecular weight excluding hydrogens is 498 g/mol. The molecule has 6 rings (SSSR count). The number of ether oxygens (including phenoxy) is 2. The van der Waals surface area contributed by atoms with E-state index >= 15 is 0 Å². The Morgan fingerprint density at radius 3 is 2.72 bits per heavy atom. The lowest BCUT2D eigenvalue weighted by Gasteiger charge is -2.18. The Hall–Kier alpha value is -5.12. The number of nitrogens with one attached hydrogen (secondary N) is 2. The standard InChI is InChI=1S/C29H25N5O5/c1-29(2)16-19-10-6-11-23(27(19)39-29)38-17-26(36)31-24-14-21(22-12-7-13-37-22)33-34(24)28-30-20(15-25(35)32-28)18-8-4-3-5-9-18/h3-15H,16-17H2,1-2H3,(H,31,36)(H,30,32,35). The van der Waals surface area contributed by atoms with E-state index in [-0.39, 0.29) is 29.5 Å². The van der Waals surface area contributed by atoms with Gasteiger partial charge in [0.15, 0.2) is 23.9 Å². The van der Waals surface area contributed by atoms with Crippen molar-refractivity contribution in [3.63, 3.8) is 0 Å². The Morgan fingerprint density at radius 1 is 1.08 bits per heavy atom. The van der Waals surface area contributed by atoms with Gasteiger partial charge in [-0.05, 0) is 32.0 Å². The summed E-state index contributed by atoms with van der Waals surface area (Å²) in [6, 6.07) is 21.5. The number of fused-ring (bicyclic) bond motifs is 1. The minimum atomic E-state index is -0.432. The number of carbonyl (C=O) groups is 1. The third kappa shape index (κ3) is 5.04. The van der Waals surface area contributed by atoms with E-state index in [0.29, 0.717) is 28.6 Å². The molecule has 1 aliphatic rings. The lowest BCUT2D eigenvalue weighted by molar-refractivity contribution is -0.118. The van der Waals surface area contributed by atoms with E-state index in [1.807, 2.05) is 56.3 Å². The monoisotopic (exact) mass is 523 g/mol. The molecular formula is C29H25N5O5. The summed E-state index contributed by atoms with van der Waals surface area (Å²) in [7, 11) is 0. The molecule has 2 N–H and O–H groups in total. The number of rotatable bonds is 7. The van der Waals surface area contributed by atoms with Gasteiger partial charge in [0, 0.05) is 29.7 Å². The summed E-state index contributed by atoms with van der Waals surface area (Å²) in [6.07, 6.45) is 2.28. The number of hydrogen-bond donors (Lipinski definition) is 2. The number of H-pyrrole nitrogens is 1. The molecule has 39 heavy (non-hydrogen) atoms. The maximum absolute atomic E-state index is 13.0. The minimum absolute atomic E-state index is 0.131. The number of anilines is 1. The van der Waals surface area contributed by atoms with Crippen molar-refractivity contribution in [2.24, 2.45) is 0 Å². The average molecular weight is 524 g/mol. The van der Waals surface area contributed by atoms with Gasteiger partial charge in [0.1, 0.15) is 17.1 Å². The van der Waals surface area contributed by atoms with Crippen LogP contribution in [0.3, 0.4) is 0 Å². The van der Waals surface area contributed by atoms with Crippen LogP contribution in [0.25, 0.3) is 28.7 Å². The van der Waals surface area contributed by atoms with E-state index in [0.717, 1.165) is 17.5 Å². The highest BCUT2D eigenvalue weighted by atomic mass is 16.5. The Morgan fingerprint density at radius 2 is 1.92 bits per heavy atom. The molecule has 10 heteroatoms. The second-order valence-electron chi connectivity index (χ2n) is 9.74. The van der Waals surface area contributed by atoms with Gasteiger partial charge in [-0.3, -0.25) is 14.6 Å². The first-order chi connectivity index (χ1) is 18.8. The van der Waals surface area contributed by atoms with Gasteiger partial charge in [-0.15, -0.1) is 0 Å². The van der Waals surface area contributed by atoms with Crippen molar-refractivity contribution in [1.29, 1.82) is 0 Å². The number of para-hydroxylation sites is 1. The van der Waals surface area contributed by atoms with E-state index in [1.54, 1.807) is 24.3 Å². The van der Waals surface area contributed by atoms with Crippen molar-refractivity contribution in [3.05, 3.63) is 95.0 Å². The number of aromatic amines is 1. The molecule has 0 saturated heterocycles. The SMILES string of the molecule is CC1(C)Cc2cccc(OCC(=O)Nc3cc(-c4ccco4)nn3-c3nc(-c4ccccc4)cc(=O)[nH]3)c2O1. The summed E-state index contributed by atoms with van der Waals surface area (Å²) < 4.78 is 18.7. The van der Waals surface area contributed by atoms with Crippen molar-refractivity contribution in [1.82, 2.24) is 19.7 Å². The highest BCUT2D eigenvalue weighted by Crippen LogP contribution is 2.41. The molecule has 2 aromatic carbocycles. The van der Waals surface area contributed by atoms with E-state index in [1.165, 1.54) is 17.0 Å². The number of nitrogens with zero attached hydrogens (tertiary/aromatic N) is 3. The molecule has 3 aromatic heterocycles. The Bertz CT molecular complexity index is 1700. The van der Waals surface area contributed by atoms with Crippen molar-refractivity contribution < 1.29 is 18.7 Å². The Balaban J connectivity index is 1.29. The van der Waals surface area contributed by atoms with E-state index in [2.05, 4.69) is 20.4 Å². The van der Waals surface area contributed by atoms with Crippen molar-refractivity contribution in [2.45, 2.75) is 25.9 Å². The zero-order valence-electron chi connectivity index (χ0n) is 21.3. The van der Waals surface area contributed by atoms with E-state index in [4.69, 9.17) is 13.9 Å². The normalized spacial score (nSPS) is 13.5. The fourth-order valence-corrected chi connectivity index (χ4v) is 4.50. The molecule has 0 bridgehead atoms. The van der Waals surface area contributed by atoms with Crippen LogP contribution in [0.2, 0.25) is 0 Å². The van der Waals surface area contributed by atoms with Crippen LogP contribution < -0.4 is 20.3 Å². The van der Waals surface area contributed by atoms with Crippen LogP contribution in [0.15, 0.2) is 88.3 Å².